The Morgan fingerprint density at radius 3 is 2.11 bits per heavy atom. The van der Waals surface area contributed by atoms with Crippen molar-refractivity contribution in [2.45, 2.75) is 45.6 Å². The van der Waals surface area contributed by atoms with Crippen LogP contribution in [0.5, 0.6) is 11.5 Å². The second-order valence-electron chi connectivity index (χ2n) is 5.83. The Morgan fingerprint density at radius 1 is 1.21 bits per heavy atom. The average molecular weight is 330 g/mol. The molecule has 0 heterocycles. The van der Waals surface area contributed by atoms with Crippen LogP contribution in [0.1, 0.15) is 44.7 Å². The molecule has 1 aromatic rings. The van der Waals surface area contributed by atoms with Gasteiger partial charge in [-0.3, -0.25) is 0 Å². The standard InChI is InChI=1S/C15H24BrNO2/c1-9(2)11-7-10(8-15(3,4)17)13(18-5)12(16)14(11)19-6/h7,9H,8,17H2,1-6H3. The van der Waals surface area contributed by atoms with Crippen LogP contribution in [0.25, 0.3) is 0 Å². The molecule has 0 radical (unpaired) electrons. The van der Waals surface area contributed by atoms with Crippen molar-refractivity contribution in [1.29, 1.82) is 0 Å². The van der Waals surface area contributed by atoms with Gasteiger partial charge in [0.2, 0.25) is 0 Å². The Labute approximate surface area is 124 Å². The summed E-state index contributed by atoms with van der Waals surface area (Å²) in [6, 6.07) is 2.14. The molecule has 0 bridgehead atoms. The minimum atomic E-state index is -0.282. The van der Waals surface area contributed by atoms with Gasteiger partial charge in [-0.2, -0.15) is 0 Å². The number of methoxy groups -OCH3 is 2. The third-order valence-corrected chi connectivity index (χ3v) is 3.68. The fourth-order valence-electron chi connectivity index (χ4n) is 2.17. The summed E-state index contributed by atoms with van der Waals surface area (Å²) in [4.78, 5) is 0. The van der Waals surface area contributed by atoms with Crippen LogP contribution in [-0.4, -0.2) is 19.8 Å². The highest BCUT2D eigenvalue weighted by Gasteiger charge is 2.22. The van der Waals surface area contributed by atoms with E-state index in [1.165, 1.54) is 0 Å². The molecule has 0 aliphatic rings. The van der Waals surface area contributed by atoms with Gasteiger partial charge in [0, 0.05) is 5.54 Å². The van der Waals surface area contributed by atoms with Gasteiger partial charge in [-0.15, -0.1) is 0 Å². The second kappa shape index (κ2) is 6.14. The van der Waals surface area contributed by atoms with E-state index in [0.717, 1.165) is 33.5 Å². The van der Waals surface area contributed by atoms with Crippen LogP contribution >= 0.6 is 15.9 Å². The van der Waals surface area contributed by atoms with E-state index in [1.807, 2.05) is 13.8 Å². The molecule has 3 nitrogen and oxygen atoms in total. The van der Waals surface area contributed by atoms with Gasteiger partial charge < -0.3 is 15.2 Å². The zero-order valence-corrected chi connectivity index (χ0v) is 14.2. The molecule has 0 fully saturated rings. The summed E-state index contributed by atoms with van der Waals surface area (Å²) in [6.07, 6.45) is 0.748. The Hall–Kier alpha value is -0.740. The van der Waals surface area contributed by atoms with Gasteiger partial charge in [0.15, 0.2) is 0 Å². The summed E-state index contributed by atoms with van der Waals surface area (Å²) in [6.45, 7) is 8.32. The summed E-state index contributed by atoms with van der Waals surface area (Å²) in [7, 11) is 3.35. The van der Waals surface area contributed by atoms with Gasteiger partial charge in [0.25, 0.3) is 0 Å². The zero-order chi connectivity index (χ0) is 14.8. The number of hydrogen-bond donors (Lipinski definition) is 1. The highest BCUT2D eigenvalue weighted by atomic mass is 79.9. The molecule has 2 N–H and O–H groups in total. The van der Waals surface area contributed by atoms with Crippen molar-refractivity contribution in [3.05, 3.63) is 21.7 Å². The van der Waals surface area contributed by atoms with Crippen molar-refractivity contribution >= 4 is 15.9 Å². The van der Waals surface area contributed by atoms with Crippen molar-refractivity contribution in [2.75, 3.05) is 14.2 Å². The van der Waals surface area contributed by atoms with E-state index in [4.69, 9.17) is 15.2 Å². The Morgan fingerprint density at radius 2 is 1.74 bits per heavy atom. The first-order chi connectivity index (χ1) is 8.71. The normalized spacial score (nSPS) is 11.8. The summed E-state index contributed by atoms with van der Waals surface area (Å²) in [5.74, 6) is 2.02. The van der Waals surface area contributed by atoms with Gasteiger partial charge in [-0.1, -0.05) is 13.8 Å². The average Bonchev–Trinajstić information content (AvgIpc) is 2.26. The van der Waals surface area contributed by atoms with Crippen LogP contribution < -0.4 is 15.2 Å². The van der Waals surface area contributed by atoms with Crippen LogP contribution in [0, 0.1) is 0 Å². The molecule has 0 aliphatic carbocycles. The van der Waals surface area contributed by atoms with Gasteiger partial charge in [0.05, 0.1) is 14.2 Å². The molecule has 108 valence electrons. The molecule has 0 atom stereocenters. The number of ether oxygens (including phenoxy) is 2. The highest BCUT2D eigenvalue weighted by molar-refractivity contribution is 9.10. The lowest BCUT2D eigenvalue weighted by molar-refractivity contribution is 0.377. The van der Waals surface area contributed by atoms with Crippen molar-refractivity contribution in [3.8, 4) is 11.5 Å². The maximum Gasteiger partial charge on any atom is 0.140 e. The van der Waals surface area contributed by atoms with E-state index in [0.29, 0.717) is 5.92 Å². The Kier molecular flexibility index (Phi) is 5.27. The lowest BCUT2D eigenvalue weighted by Gasteiger charge is -2.24. The number of nitrogens with two attached hydrogens (primary N) is 1. The number of rotatable bonds is 5. The molecule has 0 spiro atoms. The molecule has 1 aromatic carbocycles. The SMILES string of the molecule is COc1c(CC(C)(C)N)cc(C(C)C)c(OC)c1Br. The first-order valence-corrected chi connectivity index (χ1v) is 7.22. The zero-order valence-electron chi connectivity index (χ0n) is 12.6. The molecule has 0 saturated carbocycles. The van der Waals surface area contributed by atoms with Crippen molar-refractivity contribution in [2.24, 2.45) is 5.73 Å². The smallest absolute Gasteiger partial charge is 0.140 e. The quantitative estimate of drug-likeness (QED) is 0.891. The molecule has 0 unspecified atom stereocenters. The van der Waals surface area contributed by atoms with E-state index in [-0.39, 0.29) is 5.54 Å². The first kappa shape index (κ1) is 16.3. The van der Waals surface area contributed by atoms with Gasteiger partial charge in [-0.05, 0) is 59.3 Å². The largest absolute Gasteiger partial charge is 0.495 e. The van der Waals surface area contributed by atoms with Crippen molar-refractivity contribution < 1.29 is 9.47 Å². The lowest BCUT2D eigenvalue weighted by atomic mass is 9.91. The van der Waals surface area contributed by atoms with Crippen LogP contribution in [0.3, 0.4) is 0 Å². The van der Waals surface area contributed by atoms with Gasteiger partial charge in [0.1, 0.15) is 16.0 Å². The van der Waals surface area contributed by atoms with Gasteiger partial charge in [-0.25, -0.2) is 0 Å². The predicted molar refractivity (Wildman–Crippen MR) is 83.3 cm³/mol. The summed E-state index contributed by atoms with van der Waals surface area (Å²) >= 11 is 3.59. The molecule has 0 aliphatic heterocycles. The van der Waals surface area contributed by atoms with Crippen molar-refractivity contribution in [3.63, 3.8) is 0 Å². The maximum atomic E-state index is 6.14. The summed E-state index contributed by atoms with van der Waals surface area (Å²) < 4.78 is 11.9. The van der Waals surface area contributed by atoms with Crippen molar-refractivity contribution in [1.82, 2.24) is 0 Å². The minimum Gasteiger partial charge on any atom is -0.495 e. The Bertz CT molecular complexity index is 450. The van der Waals surface area contributed by atoms with Crippen LogP contribution in [-0.2, 0) is 6.42 Å². The number of halogens is 1. The Balaban J connectivity index is 3.46. The van der Waals surface area contributed by atoms with E-state index in [1.54, 1.807) is 14.2 Å². The fourth-order valence-corrected chi connectivity index (χ4v) is 2.98. The second-order valence-corrected chi connectivity index (χ2v) is 6.62. The van der Waals surface area contributed by atoms with E-state index in [9.17, 15) is 0 Å². The molecule has 0 amide bonds. The third-order valence-electron chi connectivity index (χ3n) is 2.96. The molecule has 0 aromatic heterocycles. The summed E-state index contributed by atoms with van der Waals surface area (Å²) in [5.41, 5.74) is 8.12. The van der Waals surface area contributed by atoms with Crippen LogP contribution in [0.2, 0.25) is 0 Å². The monoisotopic (exact) mass is 329 g/mol. The van der Waals surface area contributed by atoms with Crippen LogP contribution in [0.4, 0.5) is 0 Å². The highest BCUT2D eigenvalue weighted by Crippen LogP contribution is 2.43. The molecule has 19 heavy (non-hydrogen) atoms. The first-order valence-electron chi connectivity index (χ1n) is 6.43. The summed E-state index contributed by atoms with van der Waals surface area (Å²) in [5, 5.41) is 0. The fraction of sp³-hybridized carbons (Fsp3) is 0.600. The molecular weight excluding hydrogens is 306 g/mol. The molecule has 1 rings (SSSR count). The van der Waals surface area contributed by atoms with E-state index in [2.05, 4.69) is 35.8 Å². The lowest BCUT2D eigenvalue weighted by Crippen LogP contribution is -2.34. The number of hydrogen-bond acceptors (Lipinski definition) is 3. The molecule has 0 saturated heterocycles. The molecule has 4 heteroatoms. The van der Waals surface area contributed by atoms with E-state index >= 15 is 0 Å². The van der Waals surface area contributed by atoms with E-state index < -0.39 is 0 Å². The molecular formula is C15H24BrNO2. The van der Waals surface area contributed by atoms with Crippen LogP contribution in [0.15, 0.2) is 10.5 Å². The van der Waals surface area contributed by atoms with Gasteiger partial charge >= 0.3 is 0 Å². The number of benzene rings is 1. The maximum absolute atomic E-state index is 6.14. The topological polar surface area (TPSA) is 44.5 Å². The third kappa shape index (κ3) is 3.86. The predicted octanol–water partition coefficient (Wildman–Crippen LogP) is 3.87. The minimum absolute atomic E-state index is 0.282.